The third-order valence-electron chi connectivity index (χ3n) is 1.94. The molecule has 64 valence electrons. The van der Waals surface area contributed by atoms with Crippen LogP contribution in [0.25, 0.3) is 0 Å². The predicted octanol–water partition coefficient (Wildman–Crippen LogP) is 0.722. The summed E-state index contributed by atoms with van der Waals surface area (Å²) in [5.74, 6) is -0.912. The molecule has 3 heteroatoms. The molecule has 0 saturated heterocycles. The van der Waals surface area contributed by atoms with E-state index in [9.17, 15) is 4.79 Å². The molecule has 0 radical (unpaired) electrons. The Kier molecular flexibility index (Phi) is 2.82. The first kappa shape index (κ1) is 10.2. The van der Waals surface area contributed by atoms with E-state index in [1.165, 1.54) is 0 Å². The Labute approximate surface area is 67.5 Å². The van der Waals surface area contributed by atoms with Crippen LogP contribution >= 0.6 is 0 Å². The van der Waals surface area contributed by atoms with E-state index in [0.29, 0.717) is 4.48 Å². The lowest BCUT2D eigenvalue weighted by atomic mass is 10.1. The number of carboxylic acids is 1. The van der Waals surface area contributed by atoms with Crippen LogP contribution in [0.15, 0.2) is 12.2 Å². The van der Waals surface area contributed by atoms with Crippen LogP contribution in [0.1, 0.15) is 6.92 Å². The Morgan fingerprint density at radius 3 is 1.91 bits per heavy atom. The number of carbonyl (C=O) groups is 1. The number of likely N-dealkylation sites (N-methyl/N-ethyl adjacent to an activating group) is 1. The molecule has 0 amide bonds. The molecule has 1 atom stereocenters. The molecule has 0 aromatic rings. The van der Waals surface area contributed by atoms with Gasteiger partial charge in [-0.3, -0.25) is 0 Å². The van der Waals surface area contributed by atoms with Crippen LogP contribution < -0.4 is 0 Å². The number of hydrogen-bond donors (Lipinski definition) is 1. The zero-order chi connectivity index (χ0) is 9.23. The standard InChI is InChI=1S/C8H15NO2/c1-6(8(10)11)7(2)9(3,4)5/h7H,1H2,2-5H3/p+1. The van der Waals surface area contributed by atoms with Gasteiger partial charge in [0.1, 0.15) is 6.04 Å². The average Bonchev–Trinajstić information content (AvgIpc) is 1.82. The minimum Gasteiger partial charge on any atom is -0.478 e. The van der Waals surface area contributed by atoms with Crippen molar-refractivity contribution in [3.63, 3.8) is 0 Å². The van der Waals surface area contributed by atoms with Crippen molar-refractivity contribution < 1.29 is 14.4 Å². The van der Waals surface area contributed by atoms with Gasteiger partial charge in [0, 0.05) is 0 Å². The van der Waals surface area contributed by atoms with Gasteiger partial charge in [0.05, 0.1) is 26.7 Å². The normalized spacial score (nSPS) is 14.2. The largest absolute Gasteiger partial charge is 0.478 e. The summed E-state index contributed by atoms with van der Waals surface area (Å²) >= 11 is 0. The van der Waals surface area contributed by atoms with Crippen molar-refractivity contribution in [2.75, 3.05) is 21.1 Å². The van der Waals surface area contributed by atoms with Gasteiger partial charge in [-0.15, -0.1) is 0 Å². The monoisotopic (exact) mass is 158 g/mol. The van der Waals surface area contributed by atoms with E-state index in [1.807, 2.05) is 28.1 Å². The molecular weight excluding hydrogens is 142 g/mol. The number of nitrogens with zero attached hydrogens (tertiary/aromatic N) is 1. The second-order valence-corrected chi connectivity index (χ2v) is 3.62. The maximum Gasteiger partial charge on any atom is 0.336 e. The van der Waals surface area contributed by atoms with Crippen LogP contribution in [0, 0.1) is 0 Å². The first-order valence-corrected chi connectivity index (χ1v) is 3.50. The number of hydrogen-bond acceptors (Lipinski definition) is 1. The highest BCUT2D eigenvalue weighted by Gasteiger charge is 2.25. The van der Waals surface area contributed by atoms with Crippen LogP contribution in [0.4, 0.5) is 0 Å². The molecule has 0 aromatic carbocycles. The summed E-state index contributed by atoms with van der Waals surface area (Å²) in [4.78, 5) is 10.5. The Morgan fingerprint density at radius 1 is 1.45 bits per heavy atom. The maximum absolute atomic E-state index is 10.5. The second-order valence-electron chi connectivity index (χ2n) is 3.62. The zero-order valence-corrected chi connectivity index (χ0v) is 7.59. The highest BCUT2D eigenvalue weighted by molar-refractivity contribution is 5.86. The maximum atomic E-state index is 10.5. The van der Waals surface area contributed by atoms with Gasteiger partial charge in [-0.1, -0.05) is 6.58 Å². The molecule has 0 spiro atoms. The van der Waals surface area contributed by atoms with Crippen LogP contribution in [-0.2, 0) is 4.79 Å². The predicted molar refractivity (Wildman–Crippen MR) is 44.3 cm³/mol. The molecular formula is C8H16NO2+. The van der Waals surface area contributed by atoms with Gasteiger partial charge in [-0.25, -0.2) is 4.79 Å². The summed E-state index contributed by atoms with van der Waals surface area (Å²) in [6, 6.07) is -0.0486. The Hall–Kier alpha value is -0.830. The summed E-state index contributed by atoms with van der Waals surface area (Å²) in [7, 11) is 5.83. The number of aliphatic carboxylic acids is 1. The molecule has 0 saturated carbocycles. The van der Waals surface area contributed by atoms with E-state index in [0.717, 1.165) is 0 Å². The first-order chi connectivity index (χ1) is 4.76. The van der Waals surface area contributed by atoms with Gasteiger partial charge in [0.2, 0.25) is 0 Å². The fraction of sp³-hybridized carbons (Fsp3) is 0.625. The van der Waals surface area contributed by atoms with Crippen molar-refractivity contribution in [2.45, 2.75) is 13.0 Å². The molecule has 11 heavy (non-hydrogen) atoms. The molecule has 0 fully saturated rings. The first-order valence-electron chi connectivity index (χ1n) is 3.50. The van der Waals surface area contributed by atoms with Gasteiger partial charge < -0.3 is 9.59 Å². The van der Waals surface area contributed by atoms with Crippen molar-refractivity contribution in [3.8, 4) is 0 Å². The van der Waals surface area contributed by atoms with Crippen molar-refractivity contribution in [2.24, 2.45) is 0 Å². The summed E-state index contributed by atoms with van der Waals surface area (Å²) in [5, 5.41) is 8.61. The van der Waals surface area contributed by atoms with Crippen molar-refractivity contribution in [3.05, 3.63) is 12.2 Å². The highest BCUT2D eigenvalue weighted by Crippen LogP contribution is 2.10. The van der Waals surface area contributed by atoms with Crippen LogP contribution in [0.3, 0.4) is 0 Å². The van der Waals surface area contributed by atoms with Crippen LogP contribution in [0.2, 0.25) is 0 Å². The number of carboxylic acid groups (broad SMARTS) is 1. The van der Waals surface area contributed by atoms with E-state index in [4.69, 9.17) is 5.11 Å². The molecule has 0 bridgehead atoms. The van der Waals surface area contributed by atoms with Crippen LogP contribution in [0.5, 0.6) is 0 Å². The fourth-order valence-corrected chi connectivity index (χ4v) is 0.646. The summed E-state index contributed by atoms with van der Waals surface area (Å²) in [6.45, 7) is 5.36. The SMILES string of the molecule is C=C(C(=O)O)C(C)[N+](C)(C)C. The molecule has 0 heterocycles. The van der Waals surface area contributed by atoms with E-state index in [-0.39, 0.29) is 11.6 Å². The van der Waals surface area contributed by atoms with Gasteiger partial charge >= 0.3 is 5.97 Å². The molecule has 0 rings (SSSR count). The zero-order valence-electron chi connectivity index (χ0n) is 7.59. The van der Waals surface area contributed by atoms with E-state index in [2.05, 4.69) is 6.58 Å². The van der Waals surface area contributed by atoms with Gasteiger partial charge in [0.15, 0.2) is 0 Å². The lowest BCUT2D eigenvalue weighted by Gasteiger charge is -2.31. The lowest BCUT2D eigenvalue weighted by Crippen LogP contribution is -2.45. The molecule has 0 aromatic heterocycles. The topological polar surface area (TPSA) is 37.3 Å². The average molecular weight is 158 g/mol. The Bertz CT molecular complexity index is 179. The summed E-state index contributed by atoms with van der Waals surface area (Å²) in [6.07, 6.45) is 0. The third-order valence-corrected chi connectivity index (χ3v) is 1.94. The van der Waals surface area contributed by atoms with Crippen molar-refractivity contribution in [1.29, 1.82) is 0 Å². The molecule has 0 aliphatic carbocycles. The van der Waals surface area contributed by atoms with E-state index >= 15 is 0 Å². The quantitative estimate of drug-likeness (QED) is 0.485. The van der Waals surface area contributed by atoms with E-state index < -0.39 is 5.97 Å². The van der Waals surface area contributed by atoms with Gasteiger partial charge in [-0.05, 0) is 6.92 Å². The molecule has 0 aliphatic rings. The summed E-state index contributed by atoms with van der Waals surface area (Å²) < 4.78 is 0.588. The minimum atomic E-state index is -0.912. The second kappa shape index (κ2) is 3.05. The minimum absolute atomic E-state index is 0.0486. The number of quaternary nitrogens is 1. The Morgan fingerprint density at radius 2 is 1.82 bits per heavy atom. The molecule has 3 nitrogen and oxygen atoms in total. The highest BCUT2D eigenvalue weighted by atomic mass is 16.4. The summed E-state index contributed by atoms with van der Waals surface area (Å²) in [5.41, 5.74) is 0.262. The third kappa shape index (κ3) is 2.72. The van der Waals surface area contributed by atoms with Crippen molar-refractivity contribution in [1.82, 2.24) is 0 Å². The van der Waals surface area contributed by atoms with Crippen LogP contribution in [-0.4, -0.2) is 42.7 Å². The number of rotatable bonds is 3. The Balaban J connectivity index is 4.38. The van der Waals surface area contributed by atoms with E-state index in [1.54, 1.807) is 0 Å². The smallest absolute Gasteiger partial charge is 0.336 e. The molecule has 0 aliphatic heterocycles. The van der Waals surface area contributed by atoms with Gasteiger partial charge in [-0.2, -0.15) is 0 Å². The van der Waals surface area contributed by atoms with Crippen molar-refractivity contribution >= 4 is 5.97 Å². The van der Waals surface area contributed by atoms with Gasteiger partial charge in [0.25, 0.3) is 0 Å². The molecule has 1 N–H and O–H groups in total. The lowest BCUT2D eigenvalue weighted by molar-refractivity contribution is -0.887. The fourth-order valence-electron chi connectivity index (χ4n) is 0.646. The molecule has 1 unspecified atom stereocenters.